The first-order valence-electron chi connectivity index (χ1n) is 12.0. The van der Waals surface area contributed by atoms with Crippen LogP contribution in [0, 0.1) is 17.3 Å². The van der Waals surface area contributed by atoms with Crippen LogP contribution in [0.2, 0.25) is 0 Å². The molecule has 0 radical (unpaired) electrons. The molecule has 0 spiro atoms. The standard InChI is InChI=1S/C26H42N4O/c1-25(2,31)17-8-7-13-22-14-15-23-20(12-9-18-26(22,23)3)16-19-30(28)24(29-27)21-10-5-4-6-11-21/h4-6,10-11,16,22-23,31H,7-9,12-15,17-19,27-28H2,1-3H3/b20-16+,29-24-. The van der Waals surface area contributed by atoms with Crippen LogP contribution in [0.25, 0.3) is 0 Å². The monoisotopic (exact) mass is 426 g/mol. The summed E-state index contributed by atoms with van der Waals surface area (Å²) in [6, 6.07) is 9.88. The number of hydrogen-bond acceptors (Lipinski definition) is 4. The summed E-state index contributed by atoms with van der Waals surface area (Å²) in [6.45, 7) is 6.98. The van der Waals surface area contributed by atoms with Crippen molar-refractivity contribution in [3.8, 4) is 0 Å². The third kappa shape index (κ3) is 5.89. The van der Waals surface area contributed by atoms with Gasteiger partial charge in [-0.3, -0.25) is 5.01 Å². The number of benzene rings is 1. The molecular weight excluding hydrogens is 384 g/mol. The molecule has 1 aromatic rings. The maximum atomic E-state index is 9.98. The van der Waals surface area contributed by atoms with Crippen LogP contribution in [0.1, 0.15) is 84.1 Å². The Labute approximate surface area is 188 Å². The van der Waals surface area contributed by atoms with Gasteiger partial charge in [0.2, 0.25) is 0 Å². The highest BCUT2D eigenvalue weighted by molar-refractivity contribution is 5.98. The molecule has 172 valence electrons. The van der Waals surface area contributed by atoms with Crippen molar-refractivity contribution in [3.05, 3.63) is 47.5 Å². The van der Waals surface area contributed by atoms with Gasteiger partial charge in [0.25, 0.3) is 0 Å². The molecule has 5 nitrogen and oxygen atoms in total. The smallest absolute Gasteiger partial charge is 0.169 e. The van der Waals surface area contributed by atoms with Gasteiger partial charge in [-0.1, -0.05) is 61.7 Å². The fraction of sp³-hybridized carbons (Fsp3) is 0.654. The number of unbranched alkanes of at least 4 members (excludes halogenated alkanes) is 1. The van der Waals surface area contributed by atoms with E-state index in [4.69, 9.17) is 11.7 Å². The summed E-state index contributed by atoms with van der Waals surface area (Å²) in [5.41, 5.74) is 2.38. The van der Waals surface area contributed by atoms with Crippen molar-refractivity contribution in [2.24, 2.45) is 34.0 Å². The van der Waals surface area contributed by atoms with E-state index in [1.807, 2.05) is 44.2 Å². The van der Waals surface area contributed by atoms with Crippen molar-refractivity contribution >= 4 is 5.84 Å². The highest BCUT2D eigenvalue weighted by Crippen LogP contribution is 2.58. The zero-order valence-electron chi connectivity index (χ0n) is 19.7. The summed E-state index contributed by atoms with van der Waals surface area (Å²) in [6.07, 6.45) is 13.3. The second-order valence-electron chi connectivity index (χ2n) is 10.5. The predicted octanol–water partition coefficient (Wildman–Crippen LogP) is 4.96. The summed E-state index contributed by atoms with van der Waals surface area (Å²) >= 11 is 0. The average Bonchev–Trinajstić information content (AvgIpc) is 3.07. The maximum absolute atomic E-state index is 9.98. The lowest BCUT2D eigenvalue weighted by atomic mass is 9.62. The molecular formula is C26H42N4O. The maximum Gasteiger partial charge on any atom is 0.169 e. The molecule has 2 aliphatic rings. The predicted molar refractivity (Wildman–Crippen MR) is 129 cm³/mol. The first-order valence-corrected chi connectivity index (χ1v) is 12.0. The molecule has 2 saturated carbocycles. The zero-order valence-corrected chi connectivity index (χ0v) is 19.7. The SMILES string of the molecule is CC(C)(O)CCCCC1CCC2/C(=C/CN(N)/C(=N\N)c3ccccc3)CCCC12C. The molecule has 5 heteroatoms. The largest absolute Gasteiger partial charge is 0.390 e. The Balaban J connectivity index is 1.61. The van der Waals surface area contributed by atoms with E-state index < -0.39 is 5.60 Å². The topological polar surface area (TPSA) is 87.9 Å². The Morgan fingerprint density at radius 3 is 2.68 bits per heavy atom. The van der Waals surface area contributed by atoms with Crippen LogP contribution in [-0.2, 0) is 0 Å². The summed E-state index contributed by atoms with van der Waals surface area (Å²) in [7, 11) is 0. The van der Waals surface area contributed by atoms with Crippen LogP contribution < -0.4 is 11.7 Å². The minimum absolute atomic E-state index is 0.405. The number of fused-ring (bicyclic) bond motifs is 1. The number of allylic oxidation sites excluding steroid dienone is 1. The number of aliphatic hydroxyl groups is 1. The Morgan fingerprint density at radius 2 is 2.00 bits per heavy atom. The molecule has 0 saturated heterocycles. The molecule has 3 unspecified atom stereocenters. The molecule has 0 aromatic heterocycles. The van der Waals surface area contributed by atoms with Crippen molar-refractivity contribution < 1.29 is 5.11 Å². The molecule has 1 aromatic carbocycles. The van der Waals surface area contributed by atoms with Gasteiger partial charge in [0, 0.05) is 5.56 Å². The Morgan fingerprint density at radius 1 is 1.26 bits per heavy atom. The first-order chi connectivity index (χ1) is 14.7. The fourth-order valence-electron chi connectivity index (χ4n) is 6.02. The fourth-order valence-corrected chi connectivity index (χ4v) is 6.02. The Bertz CT molecular complexity index is 767. The van der Waals surface area contributed by atoms with E-state index in [1.54, 1.807) is 10.6 Å². The molecule has 2 fully saturated rings. The molecule has 0 bridgehead atoms. The first kappa shape index (κ1) is 23.8. The lowest BCUT2D eigenvalue weighted by Crippen LogP contribution is -2.39. The number of rotatable bonds is 8. The van der Waals surface area contributed by atoms with Gasteiger partial charge in [-0.25, -0.2) is 5.84 Å². The number of nitrogens with zero attached hydrogens (tertiary/aromatic N) is 2. The second-order valence-corrected chi connectivity index (χ2v) is 10.5. The van der Waals surface area contributed by atoms with Gasteiger partial charge in [0.1, 0.15) is 0 Å². The van der Waals surface area contributed by atoms with Gasteiger partial charge in [0.05, 0.1) is 12.1 Å². The van der Waals surface area contributed by atoms with E-state index in [1.165, 1.54) is 44.9 Å². The van der Waals surface area contributed by atoms with E-state index >= 15 is 0 Å². The molecule has 5 N–H and O–H groups in total. The summed E-state index contributed by atoms with van der Waals surface area (Å²) in [4.78, 5) is 0. The lowest BCUT2D eigenvalue weighted by Gasteiger charge is -2.42. The van der Waals surface area contributed by atoms with Gasteiger partial charge in [-0.05, 0) is 76.0 Å². The van der Waals surface area contributed by atoms with Gasteiger partial charge < -0.3 is 10.9 Å². The second kappa shape index (κ2) is 10.2. The Hall–Kier alpha value is -1.85. The average molecular weight is 427 g/mol. The van der Waals surface area contributed by atoms with E-state index in [9.17, 15) is 5.11 Å². The van der Waals surface area contributed by atoms with Crippen LogP contribution in [-0.4, -0.2) is 28.1 Å². The number of hydrazine groups is 1. The van der Waals surface area contributed by atoms with E-state index in [0.29, 0.717) is 23.7 Å². The van der Waals surface area contributed by atoms with Crippen molar-refractivity contribution in [1.82, 2.24) is 5.01 Å². The van der Waals surface area contributed by atoms with Crippen LogP contribution in [0.5, 0.6) is 0 Å². The van der Waals surface area contributed by atoms with Crippen molar-refractivity contribution in [3.63, 3.8) is 0 Å². The number of nitrogens with two attached hydrogens (primary N) is 2. The third-order valence-electron chi connectivity index (χ3n) is 7.73. The normalized spacial score (nSPS) is 28.0. The lowest BCUT2D eigenvalue weighted by molar-refractivity contribution is 0.0659. The molecule has 0 heterocycles. The van der Waals surface area contributed by atoms with Crippen molar-refractivity contribution in [2.75, 3.05) is 6.54 Å². The summed E-state index contributed by atoms with van der Waals surface area (Å²) < 4.78 is 0. The molecule has 3 atom stereocenters. The number of amidine groups is 1. The van der Waals surface area contributed by atoms with E-state index in [2.05, 4.69) is 18.1 Å². The summed E-state index contributed by atoms with van der Waals surface area (Å²) in [5.74, 6) is 14.1. The van der Waals surface area contributed by atoms with Gasteiger partial charge in [0.15, 0.2) is 5.84 Å². The van der Waals surface area contributed by atoms with Crippen LogP contribution in [0.4, 0.5) is 0 Å². The quantitative estimate of drug-likeness (QED) is 0.137. The number of hydrazone groups is 1. The van der Waals surface area contributed by atoms with Gasteiger partial charge in [-0.2, -0.15) is 5.10 Å². The molecule has 2 aliphatic carbocycles. The molecule has 0 amide bonds. The van der Waals surface area contributed by atoms with Gasteiger partial charge in [-0.15, -0.1) is 0 Å². The zero-order chi connectivity index (χ0) is 22.5. The highest BCUT2D eigenvalue weighted by Gasteiger charge is 2.48. The highest BCUT2D eigenvalue weighted by atomic mass is 16.3. The molecule has 3 rings (SSSR count). The van der Waals surface area contributed by atoms with Gasteiger partial charge >= 0.3 is 0 Å². The van der Waals surface area contributed by atoms with Crippen molar-refractivity contribution in [1.29, 1.82) is 0 Å². The van der Waals surface area contributed by atoms with Crippen LogP contribution in [0.15, 0.2) is 47.1 Å². The summed E-state index contributed by atoms with van der Waals surface area (Å²) in [5, 5.41) is 15.6. The van der Waals surface area contributed by atoms with Crippen LogP contribution >= 0.6 is 0 Å². The molecule has 0 aliphatic heterocycles. The minimum Gasteiger partial charge on any atom is -0.390 e. The minimum atomic E-state index is -0.539. The number of hydrogen-bond donors (Lipinski definition) is 3. The van der Waals surface area contributed by atoms with E-state index in [0.717, 1.165) is 24.3 Å². The Kier molecular flexibility index (Phi) is 7.82. The van der Waals surface area contributed by atoms with E-state index in [-0.39, 0.29) is 0 Å². The molecule has 31 heavy (non-hydrogen) atoms. The third-order valence-corrected chi connectivity index (χ3v) is 7.73. The van der Waals surface area contributed by atoms with Crippen LogP contribution in [0.3, 0.4) is 0 Å². The van der Waals surface area contributed by atoms with Crippen molar-refractivity contribution in [2.45, 2.75) is 84.2 Å².